The molecule has 0 aliphatic carbocycles. The lowest BCUT2D eigenvalue weighted by molar-refractivity contribution is -0.159. The standard InChI is InChI=1S/C16H34O7.C13H20O6S2.C12H20O6.C12H24O2.C7H14O2.CH4/c1-17-7-15(8-18-2,9-19-3)13-23-14-16(10-20-4,11-21-5)12-22-6;1-20-4-2-10(14)7-11(15)3-5-21-8-9(13(18)19)6-12(16)17;1-4-12(2,3)11(15)18-8-7-17-10(14)5-6-16-9-13;1-5-7-8-9-10-14-11(13)12(3,4)6-2;1-5-7(2,3)6(8)9-4;/h7-14H2,1-6H3;9H,2-8H2,1H3,(H,16,17)(H,18,19);9H,4-8H2,1-3H3;5-10H2,1-4H3;5H2,1-4H3;1H4. The first-order valence-corrected chi connectivity index (χ1v) is 31.2. The zero-order chi connectivity index (χ0) is 66.4. The Kier molecular flexibility index (Phi) is 62.3. The Balaban J connectivity index is -0.000000238. The molecule has 0 rings (SSSR count). The number of carbonyl (C=O) groups excluding carboxylic acids is 7. The molecular weight excluding hydrogens is 1160 g/mol. The van der Waals surface area contributed by atoms with Gasteiger partial charge in [0.15, 0.2) is 0 Å². The van der Waals surface area contributed by atoms with Crippen LogP contribution in [0.3, 0.4) is 0 Å². The number of thioether (sulfide) groups is 2. The number of carbonyl (C=O) groups is 9. The van der Waals surface area contributed by atoms with E-state index < -0.39 is 35.7 Å². The SMILES string of the molecule is C.CCC(C)(C)C(=O)OC.CCC(C)(C)C(=O)OCCOC(=O)CCOC=O.CCCCCCOC(=O)C(C)(C)CC.COCC(COC)(COC)COCC(COC)(COC)COC.CSCCC(=O)CC(=O)CCSCC(CC(=O)O)C(=O)O. The number of methoxy groups -OCH3 is 7. The molecule has 1 atom stereocenters. The van der Waals surface area contributed by atoms with Crippen LogP contribution in [0.5, 0.6) is 0 Å². The molecular formula is C61H116O23S2. The van der Waals surface area contributed by atoms with Crippen molar-refractivity contribution in [1.82, 2.24) is 0 Å². The number of rotatable bonds is 47. The van der Waals surface area contributed by atoms with Gasteiger partial charge in [-0.15, -0.1) is 0 Å². The summed E-state index contributed by atoms with van der Waals surface area (Å²) in [5.41, 5.74) is -1.85. The quantitative estimate of drug-likeness (QED) is 0.0188. The Labute approximate surface area is 524 Å². The van der Waals surface area contributed by atoms with Gasteiger partial charge >= 0.3 is 35.8 Å². The Morgan fingerprint density at radius 3 is 1.27 bits per heavy atom. The van der Waals surface area contributed by atoms with Gasteiger partial charge in [-0.1, -0.05) is 54.4 Å². The minimum Gasteiger partial charge on any atom is -0.481 e. The number of carboxylic acids is 2. The number of ether oxygens (including phenoxy) is 12. The molecule has 0 saturated heterocycles. The molecule has 86 heavy (non-hydrogen) atoms. The molecule has 0 spiro atoms. The molecule has 0 aliphatic heterocycles. The second-order valence-corrected chi connectivity index (χ2v) is 24.2. The fourth-order valence-electron chi connectivity index (χ4n) is 6.62. The van der Waals surface area contributed by atoms with Crippen molar-refractivity contribution in [2.24, 2.45) is 33.0 Å². The summed E-state index contributed by atoms with van der Waals surface area (Å²) < 4.78 is 61.8. The van der Waals surface area contributed by atoms with Crippen LogP contribution in [-0.4, -0.2) is 217 Å². The van der Waals surface area contributed by atoms with Crippen molar-refractivity contribution in [3.8, 4) is 0 Å². The van der Waals surface area contributed by atoms with Gasteiger partial charge in [-0.3, -0.25) is 43.2 Å². The van der Waals surface area contributed by atoms with Gasteiger partial charge in [0.2, 0.25) is 0 Å². The van der Waals surface area contributed by atoms with E-state index in [1.54, 1.807) is 68.3 Å². The van der Waals surface area contributed by atoms with Crippen LogP contribution in [0.15, 0.2) is 0 Å². The zero-order valence-corrected chi connectivity index (χ0v) is 56.7. The highest BCUT2D eigenvalue weighted by Gasteiger charge is 2.36. The highest BCUT2D eigenvalue weighted by Crippen LogP contribution is 2.26. The molecule has 0 saturated carbocycles. The van der Waals surface area contributed by atoms with Crippen LogP contribution in [0.1, 0.15) is 154 Å². The first-order valence-electron chi connectivity index (χ1n) is 28.7. The van der Waals surface area contributed by atoms with Crippen molar-refractivity contribution in [2.45, 2.75) is 154 Å². The smallest absolute Gasteiger partial charge is 0.311 e. The molecule has 0 fully saturated rings. The first-order chi connectivity index (χ1) is 40.0. The summed E-state index contributed by atoms with van der Waals surface area (Å²) in [6.45, 7) is 23.9. The lowest BCUT2D eigenvalue weighted by atomic mass is 9.90. The van der Waals surface area contributed by atoms with Crippen LogP contribution in [0.2, 0.25) is 0 Å². The number of unbranched alkanes of at least 4 members (excludes halogenated alkanes) is 3. The molecule has 0 aromatic carbocycles. The van der Waals surface area contributed by atoms with Gasteiger partial charge in [-0.25, -0.2) is 0 Å². The third-order valence-corrected chi connectivity index (χ3v) is 14.7. The summed E-state index contributed by atoms with van der Waals surface area (Å²) in [7, 11) is 11.4. The van der Waals surface area contributed by atoms with E-state index in [-0.39, 0.29) is 110 Å². The maximum atomic E-state index is 11.5. The minimum atomic E-state index is -1.15. The monoisotopic (exact) mass is 1280 g/mol. The van der Waals surface area contributed by atoms with Crippen molar-refractivity contribution in [3.63, 3.8) is 0 Å². The van der Waals surface area contributed by atoms with Gasteiger partial charge in [0.05, 0.1) is 119 Å². The number of ketones is 2. The van der Waals surface area contributed by atoms with Crippen LogP contribution >= 0.6 is 23.5 Å². The first kappa shape index (κ1) is 93.2. The van der Waals surface area contributed by atoms with E-state index in [9.17, 15) is 43.2 Å². The molecule has 0 amide bonds. The Bertz CT molecular complexity index is 1720. The van der Waals surface area contributed by atoms with Gasteiger partial charge in [-0.2, -0.15) is 23.5 Å². The topological polar surface area (TPSA) is 305 Å². The van der Waals surface area contributed by atoms with E-state index in [2.05, 4.69) is 16.4 Å². The van der Waals surface area contributed by atoms with E-state index in [4.69, 9.17) is 57.6 Å². The van der Waals surface area contributed by atoms with Crippen LogP contribution < -0.4 is 0 Å². The average Bonchev–Trinajstić information content (AvgIpc) is 3.66. The number of hydrogen-bond acceptors (Lipinski definition) is 23. The van der Waals surface area contributed by atoms with E-state index in [1.165, 1.54) is 31.7 Å². The van der Waals surface area contributed by atoms with Crippen molar-refractivity contribution >= 4 is 77.4 Å². The van der Waals surface area contributed by atoms with Crippen LogP contribution in [0.25, 0.3) is 0 Å². The molecule has 0 heterocycles. The fourth-order valence-corrected chi connectivity index (χ4v) is 8.14. The number of aliphatic carboxylic acids is 2. The van der Waals surface area contributed by atoms with Crippen molar-refractivity contribution in [3.05, 3.63) is 0 Å². The van der Waals surface area contributed by atoms with Gasteiger partial charge in [0, 0.05) is 67.0 Å². The number of esters is 4. The second-order valence-electron chi connectivity index (χ2n) is 22.0. The number of Topliss-reactive ketones (excluding diaryl/α,β-unsaturated/α-hetero) is 2. The third kappa shape index (κ3) is 51.0. The molecule has 0 aromatic rings. The molecule has 0 aromatic heterocycles. The summed E-state index contributed by atoms with van der Waals surface area (Å²) in [4.78, 5) is 99.0. The number of carboxylic acid groups (broad SMARTS) is 2. The molecule has 0 radical (unpaired) electrons. The van der Waals surface area contributed by atoms with Crippen LogP contribution in [0.4, 0.5) is 0 Å². The average molecular weight is 1280 g/mol. The van der Waals surface area contributed by atoms with E-state index in [0.717, 1.165) is 25.7 Å². The Morgan fingerprint density at radius 1 is 0.512 bits per heavy atom. The van der Waals surface area contributed by atoms with Crippen LogP contribution in [-0.2, 0) is 100.0 Å². The summed E-state index contributed by atoms with van der Waals surface area (Å²) >= 11 is 2.77. The molecule has 0 aliphatic rings. The van der Waals surface area contributed by atoms with E-state index >= 15 is 0 Å². The highest BCUT2D eigenvalue weighted by atomic mass is 32.2. The Morgan fingerprint density at radius 2 is 0.919 bits per heavy atom. The van der Waals surface area contributed by atoms with Gasteiger partial charge < -0.3 is 67.1 Å². The molecule has 0 bridgehead atoms. The van der Waals surface area contributed by atoms with Crippen molar-refractivity contribution in [2.75, 3.05) is 153 Å². The molecule has 1 unspecified atom stereocenters. The van der Waals surface area contributed by atoms with E-state index in [0.29, 0.717) is 83.8 Å². The van der Waals surface area contributed by atoms with Gasteiger partial charge in [0.25, 0.3) is 6.47 Å². The normalized spacial score (nSPS) is 11.6. The number of hydrogen-bond donors (Lipinski definition) is 2. The highest BCUT2D eigenvalue weighted by molar-refractivity contribution is 7.99. The predicted molar refractivity (Wildman–Crippen MR) is 335 cm³/mol. The second kappa shape index (κ2) is 57.5. The molecule has 23 nitrogen and oxygen atoms in total. The van der Waals surface area contributed by atoms with Gasteiger partial charge in [0.1, 0.15) is 31.4 Å². The molecule has 25 heteroatoms. The van der Waals surface area contributed by atoms with Crippen molar-refractivity contribution < 1.29 is 110 Å². The zero-order valence-electron chi connectivity index (χ0n) is 55.0. The lowest BCUT2D eigenvalue weighted by Crippen LogP contribution is -2.45. The van der Waals surface area contributed by atoms with Crippen molar-refractivity contribution in [1.29, 1.82) is 0 Å². The lowest BCUT2D eigenvalue weighted by Gasteiger charge is -2.35. The summed E-state index contributed by atoms with van der Waals surface area (Å²) in [5, 5.41) is 17.4. The predicted octanol–water partition coefficient (Wildman–Crippen LogP) is 9.27. The minimum absolute atomic E-state index is 0. The van der Waals surface area contributed by atoms with Crippen LogP contribution in [0, 0.1) is 33.0 Å². The van der Waals surface area contributed by atoms with E-state index in [1.807, 2.05) is 54.7 Å². The Hall–Kier alpha value is -3.95. The molecule has 2 N–H and O–H groups in total. The fraction of sp³-hybridized carbons (Fsp3) is 0.852. The summed E-state index contributed by atoms with van der Waals surface area (Å²) in [6, 6.07) is 0. The maximum Gasteiger partial charge on any atom is 0.311 e. The maximum absolute atomic E-state index is 11.5. The van der Waals surface area contributed by atoms with Gasteiger partial charge in [-0.05, 0) is 79.2 Å². The summed E-state index contributed by atoms with van der Waals surface area (Å²) in [6.07, 6.45) is 8.92. The summed E-state index contributed by atoms with van der Waals surface area (Å²) in [5.74, 6) is -3.24. The molecule has 510 valence electrons. The largest absolute Gasteiger partial charge is 0.481 e. The third-order valence-electron chi connectivity index (χ3n) is 12.9.